The maximum atomic E-state index is 5.53. The Labute approximate surface area is 71.8 Å². The molecule has 0 saturated heterocycles. The topological polar surface area (TPSA) is 56.7 Å². The summed E-state index contributed by atoms with van der Waals surface area (Å²) in [6.07, 6.45) is 5.31. The van der Waals surface area contributed by atoms with E-state index in [9.17, 15) is 0 Å². The Morgan fingerprint density at radius 3 is 3.42 bits per heavy atom. The van der Waals surface area contributed by atoms with Crippen molar-refractivity contribution in [2.75, 3.05) is 6.54 Å². The van der Waals surface area contributed by atoms with E-state index in [0.717, 1.165) is 25.3 Å². The first-order valence-corrected chi connectivity index (χ1v) is 4.49. The van der Waals surface area contributed by atoms with Crippen molar-refractivity contribution in [2.24, 2.45) is 5.73 Å². The van der Waals surface area contributed by atoms with Crippen LogP contribution in [-0.2, 0) is 6.54 Å². The zero-order valence-electron chi connectivity index (χ0n) is 7.11. The Morgan fingerprint density at radius 1 is 1.67 bits per heavy atom. The molecule has 1 atom stereocenters. The largest absolute Gasteiger partial charge is 0.330 e. The molecule has 0 bridgehead atoms. The monoisotopic (exact) mass is 166 g/mol. The molecule has 12 heavy (non-hydrogen) atoms. The number of nitrogens with zero attached hydrogens (tertiary/aromatic N) is 3. The summed E-state index contributed by atoms with van der Waals surface area (Å²) in [7, 11) is 0. The molecule has 2 rings (SSSR count). The Kier molecular flexibility index (Phi) is 2.08. The normalized spacial score (nSPS) is 22.2. The van der Waals surface area contributed by atoms with E-state index in [4.69, 9.17) is 5.73 Å². The van der Waals surface area contributed by atoms with Crippen molar-refractivity contribution in [2.45, 2.75) is 31.7 Å². The second-order valence-electron chi connectivity index (χ2n) is 3.30. The summed E-state index contributed by atoms with van der Waals surface area (Å²) in [6, 6.07) is 0. The van der Waals surface area contributed by atoms with Gasteiger partial charge in [0.1, 0.15) is 12.2 Å². The zero-order valence-corrected chi connectivity index (χ0v) is 7.11. The van der Waals surface area contributed by atoms with Gasteiger partial charge in [-0.2, -0.15) is 0 Å². The minimum absolute atomic E-state index is 0.547. The van der Waals surface area contributed by atoms with Gasteiger partial charge in [0, 0.05) is 12.5 Å². The fourth-order valence-electron chi connectivity index (χ4n) is 1.86. The average molecular weight is 166 g/mol. The van der Waals surface area contributed by atoms with Gasteiger partial charge in [-0.3, -0.25) is 0 Å². The van der Waals surface area contributed by atoms with Crippen LogP contribution in [0.4, 0.5) is 0 Å². The highest BCUT2D eigenvalue weighted by Gasteiger charge is 2.20. The number of rotatable bonds is 2. The molecule has 1 aliphatic rings. The molecule has 0 amide bonds. The molecule has 4 heteroatoms. The minimum atomic E-state index is 0.547. The van der Waals surface area contributed by atoms with Gasteiger partial charge in [0.2, 0.25) is 0 Å². The Bertz CT molecular complexity index is 255. The number of nitrogens with two attached hydrogens (primary N) is 1. The van der Waals surface area contributed by atoms with E-state index >= 15 is 0 Å². The van der Waals surface area contributed by atoms with Gasteiger partial charge in [-0.1, -0.05) is 0 Å². The smallest absolute Gasteiger partial charge is 0.135 e. The summed E-state index contributed by atoms with van der Waals surface area (Å²) in [4.78, 5) is 0. The predicted molar refractivity (Wildman–Crippen MR) is 45.7 cm³/mol. The second kappa shape index (κ2) is 3.23. The lowest BCUT2D eigenvalue weighted by molar-refractivity contribution is 0.428. The Balaban J connectivity index is 2.19. The lowest BCUT2D eigenvalue weighted by Crippen LogP contribution is -2.18. The highest BCUT2D eigenvalue weighted by atomic mass is 15.3. The third-order valence-corrected chi connectivity index (χ3v) is 2.48. The molecule has 0 aliphatic carbocycles. The van der Waals surface area contributed by atoms with Crippen LogP contribution in [0.5, 0.6) is 0 Å². The van der Waals surface area contributed by atoms with Crippen molar-refractivity contribution < 1.29 is 0 Å². The molecule has 1 aromatic rings. The third-order valence-electron chi connectivity index (χ3n) is 2.48. The standard InChI is InChI=1S/C8H14N4/c9-4-3-7-2-1-5-12-6-10-11-8(7)12/h6-7H,1-5,9H2. The SMILES string of the molecule is NCCC1CCCn2cnnc21. The summed E-state index contributed by atoms with van der Waals surface area (Å²) in [6.45, 7) is 1.82. The molecule has 1 unspecified atom stereocenters. The quantitative estimate of drug-likeness (QED) is 0.696. The number of hydrogen-bond donors (Lipinski definition) is 1. The molecule has 66 valence electrons. The molecular weight excluding hydrogens is 152 g/mol. The third kappa shape index (κ3) is 1.22. The average Bonchev–Trinajstić information content (AvgIpc) is 2.53. The first-order chi connectivity index (χ1) is 5.92. The van der Waals surface area contributed by atoms with Crippen molar-refractivity contribution in [1.29, 1.82) is 0 Å². The molecule has 1 aliphatic heterocycles. The zero-order chi connectivity index (χ0) is 8.39. The van der Waals surface area contributed by atoms with Gasteiger partial charge in [-0.05, 0) is 25.8 Å². The molecule has 0 spiro atoms. The van der Waals surface area contributed by atoms with E-state index in [0.29, 0.717) is 5.92 Å². The molecule has 0 fully saturated rings. The number of fused-ring (bicyclic) bond motifs is 1. The molecule has 2 N–H and O–H groups in total. The van der Waals surface area contributed by atoms with Crippen molar-refractivity contribution >= 4 is 0 Å². The summed E-state index contributed by atoms with van der Waals surface area (Å²) in [5.41, 5.74) is 5.53. The van der Waals surface area contributed by atoms with E-state index in [2.05, 4.69) is 14.8 Å². The summed E-state index contributed by atoms with van der Waals surface area (Å²) >= 11 is 0. The maximum absolute atomic E-state index is 5.53. The summed E-state index contributed by atoms with van der Waals surface area (Å²) in [5.74, 6) is 1.68. The van der Waals surface area contributed by atoms with E-state index in [-0.39, 0.29) is 0 Å². The fraction of sp³-hybridized carbons (Fsp3) is 0.750. The predicted octanol–water partition coefficient (Wildman–Crippen LogP) is 0.504. The first-order valence-electron chi connectivity index (χ1n) is 4.49. The van der Waals surface area contributed by atoms with Crippen LogP contribution in [0.2, 0.25) is 0 Å². The van der Waals surface area contributed by atoms with Gasteiger partial charge in [0.15, 0.2) is 0 Å². The molecule has 1 aromatic heterocycles. The fourth-order valence-corrected chi connectivity index (χ4v) is 1.86. The molecular formula is C8H14N4. The minimum Gasteiger partial charge on any atom is -0.330 e. The van der Waals surface area contributed by atoms with Crippen LogP contribution in [0.1, 0.15) is 31.0 Å². The number of aryl methyl sites for hydroxylation is 1. The van der Waals surface area contributed by atoms with Crippen LogP contribution >= 0.6 is 0 Å². The molecule has 0 saturated carbocycles. The van der Waals surface area contributed by atoms with E-state index in [1.54, 1.807) is 0 Å². The lowest BCUT2D eigenvalue weighted by atomic mass is 9.96. The lowest BCUT2D eigenvalue weighted by Gasteiger charge is -2.21. The van der Waals surface area contributed by atoms with Gasteiger partial charge in [-0.25, -0.2) is 0 Å². The maximum Gasteiger partial charge on any atom is 0.135 e. The van der Waals surface area contributed by atoms with Gasteiger partial charge in [-0.15, -0.1) is 10.2 Å². The van der Waals surface area contributed by atoms with Gasteiger partial charge in [0.05, 0.1) is 0 Å². The van der Waals surface area contributed by atoms with Crippen molar-refractivity contribution in [1.82, 2.24) is 14.8 Å². The van der Waals surface area contributed by atoms with Crippen LogP contribution in [-0.4, -0.2) is 21.3 Å². The van der Waals surface area contributed by atoms with E-state index < -0.39 is 0 Å². The highest BCUT2D eigenvalue weighted by molar-refractivity contribution is 4.99. The molecule has 4 nitrogen and oxygen atoms in total. The highest BCUT2D eigenvalue weighted by Crippen LogP contribution is 2.27. The van der Waals surface area contributed by atoms with Crippen LogP contribution in [0.25, 0.3) is 0 Å². The van der Waals surface area contributed by atoms with Crippen molar-refractivity contribution in [3.63, 3.8) is 0 Å². The van der Waals surface area contributed by atoms with Gasteiger partial charge >= 0.3 is 0 Å². The van der Waals surface area contributed by atoms with Crippen LogP contribution in [0.15, 0.2) is 6.33 Å². The number of hydrogen-bond acceptors (Lipinski definition) is 3. The first kappa shape index (κ1) is 7.73. The van der Waals surface area contributed by atoms with Crippen LogP contribution < -0.4 is 5.73 Å². The summed E-state index contributed by atoms with van der Waals surface area (Å²) in [5, 5.41) is 8.02. The van der Waals surface area contributed by atoms with Crippen LogP contribution in [0.3, 0.4) is 0 Å². The van der Waals surface area contributed by atoms with E-state index in [1.165, 1.54) is 12.8 Å². The van der Waals surface area contributed by atoms with E-state index in [1.807, 2.05) is 6.33 Å². The van der Waals surface area contributed by atoms with Gasteiger partial charge < -0.3 is 10.3 Å². The Morgan fingerprint density at radius 2 is 2.58 bits per heavy atom. The summed E-state index contributed by atoms with van der Waals surface area (Å²) < 4.78 is 2.14. The van der Waals surface area contributed by atoms with Gasteiger partial charge in [0.25, 0.3) is 0 Å². The Hall–Kier alpha value is -0.900. The molecule has 2 heterocycles. The van der Waals surface area contributed by atoms with Crippen molar-refractivity contribution in [3.05, 3.63) is 12.2 Å². The molecule has 0 aromatic carbocycles. The van der Waals surface area contributed by atoms with Crippen LogP contribution in [0, 0.1) is 0 Å². The van der Waals surface area contributed by atoms with Crippen molar-refractivity contribution in [3.8, 4) is 0 Å². The molecule has 0 radical (unpaired) electrons. The number of aromatic nitrogens is 3. The second-order valence-corrected chi connectivity index (χ2v) is 3.30.